The number of nitrogens with one attached hydrogen (secondary N) is 1. The van der Waals surface area contributed by atoms with Crippen molar-refractivity contribution < 1.29 is 23.8 Å². The van der Waals surface area contributed by atoms with Crippen molar-refractivity contribution in [2.45, 2.75) is 25.4 Å². The number of Topliss-reactive ketones (excluding diaryl/α,β-unsaturated/α-hetero) is 1. The Morgan fingerprint density at radius 2 is 2.00 bits per heavy atom. The molecule has 1 amide bonds. The van der Waals surface area contributed by atoms with Gasteiger partial charge in [0.2, 0.25) is 0 Å². The van der Waals surface area contributed by atoms with Crippen LogP contribution in [0.15, 0.2) is 42.5 Å². The van der Waals surface area contributed by atoms with E-state index in [2.05, 4.69) is 4.98 Å². The Labute approximate surface area is 186 Å². The number of fused-ring (bicyclic) bond motifs is 2. The molecule has 0 spiro atoms. The highest BCUT2D eigenvalue weighted by Crippen LogP contribution is 2.37. The topological polar surface area (TPSA) is 80.9 Å². The second kappa shape index (κ2) is 8.22. The number of benzene rings is 2. The average molecular weight is 434 g/mol. The molecule has 1 fully saturated rings. The van der Waals surface area contributed by atoms with Gasteiger partial charge in [-0.3, -0.25) is 9.59 Å². The standard InChI is InChI=1S/C25H26N2O5/c1-30-22-10-9-18-17(24(22)31-2)12-19(26-18)25(29)27-11-5-6-15(14-27)23-13-20(28)16-7-3-4-8-21(16)32-23/h3-4,7-10,12,15,23,26H,5-6,11,13-14H2,1-2H3/t15-,23-/m1/s1. The van der Waals surface area contributed by atoms with E-state index in [1.165, 1.54) is 0 Å². The molecule has 0 bridgehead atoms. The van der Waals surface area contributed by atoms with Crippen LogP contribution in [0.1, 0.15) is 40.1 Å². The minimum Gasteiger partial charge on any atom is -0.493 e. The normalized spacial score (nSPS) is 20.6. The van der Waals surface area contributed by atoms with Gasteiger partial charge in [0.15, 0.2) is 17.3 Å². The van der Waals surface area contributed by atoms with Gasteiger partial charge < -0.3 is 24.1 Å². The fraction of sp³-hybridized carbons (Fsp3) is 0.360. The van der Waals surface area contributed by atoms with Crippen LogP contribution < -0.4 is 14.2 Å². The van der Waals surface area contributed by atoms with E-state index in [9.17, 15) is 9.59 Å². The molecule has 2 atom stereocenters. The Balaban J connectivity index is 1.36. The molecule has 7 heteroatoms. The summed E-state index contributed by atoms with van der Waals surface area (Å²) in [7, 11) is 3.18. The van der Waals surface area contributed by atoms with Crippen molar-refractivity contribution in [3.8, 4) is 17.2 Å². The summed E-state index contributed by atoms with van der Waals surface area (Å²) >= 11 is 0. The molecule has 5 rings (SSSR count). The second-order valence-corrected chi connectivity index (χ2v) is 8.38. The van der Waals surface area contributed by atoms with Crippen LogP contribution in [0.2, 0.25) is 0 Å². The molecule has 0 radical (unpaired) electrons. The van der Waals surface area contributed by atoms with E-state index in [0.29, 0.717) is 48.0 Å². The number of methoxy groups -OCH3 is 2. The third kappa shape index (κ3) is 3.47. The summed E-state index contributed by atoms with van der Waals surface area (Å²) in [6.07, 6.45) is 1.96. The zero-order valence-electron chi connectivity index (χ0n) is 18.2. The van der Waals surface area contributed by atoms with Crippen molar-refractivity contribution in [1.82, 2.24) is 9.88 Å². The van der Waals surface area contributed by atoms with E-state index in [-0.39, 0.29) is 23.7 Å². The van der Waals surface area contributed by atoms with Crippen molar-refractivity contribution >= 4 is 22.6 Å². The number of H-pyrrole nitrogens is 1. The molecule has 3 aromatic rings. The Bertz CT molecular complexity index is 1180. The minimum atomic E-state index is -0.208. The Hall–Kier alpha value is -3.48. The van der Waals surface area contributed by atoms with Crippen LogP contribution in [-0.2, 0) is 0 Å². The van der Waals surface area contributed by atoms with Crippen molar-refractivity contribution in [2.24, 2.45) is 5.92 Å². The fourth-order valence-corrected chi connectivity index (χ4v) is 4.87. The van der Waals surface area contributed by atoms with Crippen LogP contribution >= 0.6 is 0 Å². The number of rotatable bonds is 4. The number of ether oxygens (including phenoxy) is 3. The summed E-state index contributed by atoms with van der Waals surface area (Å²) in [6, 6.07) is 12.9. The van der Waals surface area contributed by atoms with Gasteiger partial charge in [0.25, 0.3) is 5.91 Å². The van der Waals surface area contributed by atoms with Gasteiger partial charge in [-0.25, -0.2) is 0 Å². The maximum Gasteiger partial charge on any atom is 0.270 e. The predicted octanol–water partition coefficient (Wildman–Crippen LogP) is 4.07. The summed E-state index contributed by atoms with van der Waals surface area (Å²) in [4.78, 5) is 31.0. The van der Waals surface area contributed by atoms with Crippen LogP contribution in [0.5, 0.6) is 17.2 Å². The second-order valence-electron chi connectivity index (χ2n) is 8.38. The molecule has 0 aliphatic carbocycles. The molecule has 1 N–H and O–H groups in total. The number of aromatic amines is 1. The van der Waals surface area contributed by atoms with Crippen LogP contribution in [0, 0.1) is 5.92 Å². The molecule has 1 aromatic heterocycles. The number of aromatic nitrogens is 1. The zero-order valence-corrected chi connectivity index (χ0v) is 18.2. The number of carbonyl (C=O) groups excluding carboxylic acids is 2. The van der Waals surface area contributed by atoms with Crippen molar-refractivity contribution in [2.75, 3.05) is 27.3 Å². The molecule has 166 valence electrons. The lowest BCUT2D eigenvalue weighted by atomic mass is 9.87. The lowest BCUT2D eigenvalue weighted by Gasteiger charge is -2.38. The monoisotopic (exact) mass is 434 g/mol. The summed E-state index contributed by atoms with van der Waals surface area (Å²) in [5.41, 5.74) is 1.98. The quantitative estimate of drug-likeness (QED) is 0.670. The molecule has 1 saturated heterocycles. The lowest BCUT2D eigenvalue weighted by Crippen LogP contribution is -2.46. The first-order valence-electron chi connectivity index (χ1n) is 10.9. The highest BCUT2D eigenvalue weighted by Gasteiger charge is 2.36. The molecular weight excluding hydrogens is 408 g/mol. The highest BCUT2D eigenvalue weighted by molar-refractivity contribution is 6.01. The maximum atomic E-state index is 13.3. The fourth-order valence-electron chi connectivity index (χ4n) is 4.87. The summed E-state index contributed by atoms with van der Waals surface area (Å²) < 4.78 is 17.1. The predicted molar refractivity (Wildman–Crippen MR) is 120 cm³/mol. The lowest BCUT2D eigenvalue weighted by molar-refractivity contribution is 0.0406. The van der Waals surface area contributed by atoms with Crippen LogP contribution in [0.3, 0.4) is 0 Å². The number of ketones is 1. The van der Waals surface area contributed by atoms with E-state index in [1.54, 1.807) is 14.2 Å². The average Bonchev–Trinajstić information content (AvgIpc) is 3.27. The first-order valence-corrected chi connectivity index (χ1v) is 10.9. The number of amides is 1. The molecule has 0 unspecified atom stereocenters. The van der Waals surface area contributed by atoms with Gasteiger partial charge in [-0.05, 0) is 43.2 Å². The molecule has 0 saturated carbocycles. The third-order valence-corrected chi connectivity index (χ3v) is 6.50. The first kappa shape index (κ1) is 20.4. The van der Waals surface area contributed by atoms with Crippen LogP contribution in [0.4, 0.5) is 0 Å². The van der Waals surface area contributed by atoms with Crippen molar-refractivity contribution in [3.63, 3.8) is 0 Å². The zero-order chi connectivity index (χ0) is 22.2. The number of piperidine rings is 1. The van der Waals surface area contributed by atoms with Gasteiger partial charge in [0.1, 0.15) is 17.5 Å². The van der Waals surface area contributed by atoms with E-state index in [4.69, 9.17) is 14.2 Å². The maximum absolute atomic E-state index is 13.3. The molecule has 32 heavy (non-hydrogen) atoms. The van der Waals surface area contributed by atoms with E-state index >= 15 is 0 Å². The van der Waals surface area contributed by atoms with Gasteiger partial charge in [-0.2, -0.15) is 0 Å². The van der Waals surface area contributed by atoms with E-state index in [1.807, 2.05) is 47.4 Å². The van der Waals surface area contributed by atoms with Crippen LogP contribution in [0.25, 0.3) is 10.9 Å². The number of hydrogen-bond donors (Lipinski definition) is 1. The molecule has 2 aliphatic heterocycles. The smallest absolute Gasteiger partial charge is 0.270 e. The Morgan fingerprint density at radius 1 is 1.16 bits per heavy atom. The van der Waals surface area contributed by atoms with Crippen LogP contribution in [-0.4, -0.2) is 55.0 Å². The number of carbonyl (C=O) groups is 2. The van der Waals surface area contributed by atoms with E-state index < -0.39 is 0 Å². The highest BCUT2D eigenvalue weighted by atomic mass is 16.5. The molecule has 7 nitrogen and oxygen atoms in total. The van der Waals surface area contributed by atoms with Crippen molar-refractivity contribution in [1.29, 1.82) is 0 Å². The van der Waals surface area contributed by atoms with Crippen molar-refractivity contribution in [3.05, 3.63) is 53.7 Å². The number of likely N-dealkylation sites (tertiary alicyclic amines) is 1. The van der Waals surface area contributed by atoms with Gasteiger partial charge in [0.05, 0.1) is 25.3 Å². The van der Waals surface area contributed by atoms with Gasteiger partial charge >= 0.3 is 0 Å². The molecule has 2 aliphatic rings. The summed E-state index contributed by atoms with van der Waals surface area (Å²) in [5.74, 6) is 2.03. The first-order chi connectivity index (χ1) is 15.6. The number of hydrogen-bond acceptors (Lipinski definition) is 5. The number of nitrogens with zero attached hydrogens (tertiary/aromatic N) is 1. The minimum absolute atomic E-state index is 0.0607. The molecular formula is C25H26N2O5. The van der Waals surface area contributed by atoms with Gasteiger partial charge in [0, 0.05) is 30.8 Å². The Morgan fingerprint density at radius 3 is 2.81 bits per heavy atom. The largest absolute Gasteiger partial charge is 0.493 e. The number of para-hydroxylation sites is 1. The summed E-state index contributed by atoms with van der Waals surface area (Å²) in [6.45, 7) is 1.25. The molecule has 3 heterocycles. The third-order valence-electron chi connectivity index (χ3n) is 6.50. The SMILES string of the molecule is COc1ccc2[nH]c(C(=O)N3CCC[C@@H]([C@H]4CC(=O)c5ccccc5O4)C3)cc2c1OC. The summed E-state index contributed by atoms with van der Waals surface area (Å²) in [5, 5.41) is 0.807. The van der Waals surface area contributed by atoms with E-state index in [0.717, 1.165) is 23.7 Å². The Kier molecular flexibility index (Phi) is 5.25. The van der Waals surface area contributed by atoms with Gasteiger partial charge in [-0.15, -0.1) is 0 Å². The van der Waals surface area contributed by atoms with Gasteiger partial charge in [-0.1, -0.05) is 12.1 Å². The molecule has 2 aromatic carbocycles.